The lowest BCUT2D eigenvalue weighted by Gasteiger charge is -2.30. The Labute approximate surface area is 114 Å². The van der Waals surface area contributed by atoms with E-state index in [1.807, 2.05) is 24.3 Å². The van der Waals surface area contributed by atoms with E-state index in [-0.39, 0.29) is 17.2 Å². The van der Waals surface area contributed by atoms with Crippen LogP contribution in [0.15, 0.2) is 30.3 Å². The molecule has 1 aliphatic rings. The Morgan fingerprint density at radius 2 is 2.15 bits per heavy atom. The minimum Gasteiger partial charge on any atom is -0.490 e. The van der Waals surface area contributed by atoms with E-state index in [9.17, 15) is 9.90 Å². The molecule has 0 unspecified atom stereocenters. The molecular formula is C13H12N4O3. The monoisotopic (exact) mass is 272 g/mol. The van der Waals surface area contributed by atoms with Crippen molar-refractivity contribution in [2.45, 2.75) is 0 Å². The first-order valence-corrected chi connectivity index (χ1v) is 6.02. The van der Waals surface area contributed by atoms with Gasteiger partial charge >= 0.3 is 5.97 Å². The van der Waals surface area contributed by atoms with Gasteiger partial charge in [-0.05, 0) is 12.1 Å². The number of anilines is 3. The Balaban J connectivity index is 2.13. The topological polar surface area (TPSA) is 102 Å². The van der Waals surface area contributed by atoms with E-state index < -0.39 is 5.97 Å². The molecule has 20 heavy (non-hydrogen) atoms. The van der Waals surface area contributed by atoms with Gasteiger partial charge in [-0.2, -0.15) is 0 Å². The number of fused-ring (bicyclic) bond motifs is 1. The van der Waals surface area contributed by atoms with Crippen LogP contribution in [0.5, 0.6) is 5.75 Å². The van der Waals surface area contributed by atoms with Crippen molar-refractivity contribution < 1.29 is 14.6 Å². The third kappa shape index (κ3) is 1.99. The van der Waals surface area contributed by atoms with E-state index in [1.54, 1.807) is 4.90 Å². The number of carboxylic acid groups (broad SMARTS) is 1. The minimum atomic E-state index is -1.09. The number of hydrogen-bond donors (Lipinski definition) is 2. The summed E-state index contributed by atoms with van der Waals surface area (Å²) < 4.78 is 5.54. The van der Waals surface area contributed by atoms with Crippen molar-refractivity contribution >= 4 is 23.3 Å². The summed E-state index contributed by atoms with van der Waals surface area (Å²) in [5.41, 5.74) is 6.30. The molecule has 1 aromatic heterocycles. The molecule has 0 aliphatic carbocycles. The molecule has 2 heterocycles. The van der Waals surface area contributed by atoms with Crippen LogP contribution < -0.4 is 15.4 Å². The Bertz CT molecular complexity index is 674. The molecule has 3 N–H and O–H groups in total. The van der Waals surface area contributed by atoms with Crippen LogP contribution >= 0.6 is 0 Å². The molecule has 0 saturated carbocycles. The fourth-order valence-corrected chi connectivity index (χ4v) is 2.15. The molecule has 0 bridgehead atoms. The van der Waals surface area contributed by atoms with E-state index in [0.29, 0.717) is 18.9 Å². The van der Waals surface area contributed by atoms with Crippen LogP contribution in [-0.2, 0) is 0 Å². The summed E-state index contributed by atoms with van der Waals surface area (Å²) in [7, 11) is 0. The van der Waals surface area contributed by atoms with Crippen molar-refractivity contribution in [1.82, 2.24) is 10.2 Å². The molecule has 7 heteroatoms. The van der Waals surface area contributed by atoms with Crippen LogP contribution in [0.4, 0.5) is 17.3 Å². The number of hydrogen-bond acceptors (Lipinski definition) is 6. The van der Waals surface area contributed by atoms with Crippen molar-refractivity contribution in [1.29, 1.82) is 0 Å². The zero-order valence-electron chi connectivity index (χ0n) is 10.5. The number of ether oxygens (including phenoxy) is 1. The maximum absolute atomic E-state index is 11.3. The normalized spacial score (nSPS) is 13.5. The van der Waals surface area contributed by atoms with Crippen LogP contribution in [0.2, 0.25) is 0 Å². The van der Waals surface area contributed by atoms with Crippen molar-refractivity contribution in [3.63, 3.8) is 0 Å². The van der Waals surface area contributed by atoms with Crippen LogP contribution in [0.1, 0.15) is 10.4 Å². The summed E-state index contributed by atoms with van der Waals surface area (Å²) in [5, 5.41) is 17.0. The number of nitrogens with zero attached hydrogens (tertiary/aromatic N) is 3. The van der Waals surface area contributed by atoms with Crippen LogP contribution in [0.3, 0.4) is 0 Å². The fraction of sp³-hybridized carbons (Fsp3) is 0.154. The second-order valence-electron chi connectivity index (χ2n) is 4.28. The molecular weight excluding hydrogens is 260 g/mol. The summed E-state index contributed by atoms with van der Waals surface area (Å²) in [6.45, 7) is 0.942. The molecule has 0 radical (unpaired) electrons. The van der Waals surface area contributed by atoms with Gasteiger partial charge in [0.15, 0.2) is 5.82 Å². The second-order valence-corrected chi connectivity index (χ2v) is 4.28. The standard InChI is InChI=1S/C13H12N4O3/c14-11-7-8(13(18)19)12(16-15-11)17-5-6-20-10-4-2-1-3-9(10)17/h1-4,7H,5-6H2,(H2,14,15)(H,18,19). The molecule has 0 spiro atoms. The van der Waals surface area contributed by atoms with Crippen molar-refractivity contribution in [3.05, 3.63) is 35.9 Å². The smallest absolute Gasteiger partial charge is 0.339 e. The van der Waals surface area contributed by atoms with Gasteiger partial charge in [-0.15, -0.1) is 10.2 Å². The molecule has 1 aromatic carbocycles. The highest BCUT2D eigenvalue weighted by atomic mass is 16.5. The quantitative estimate of drug-likeness (QED) is 0.849. The Morgan fingerprint density at radius 3 is 2.95 bits per heavy atom. The van der Waals surface area contributed by atoms with E-state index in [1.165, 1.54) is 6.07 Å². The van der Waals surface area contributed by atoms with Crippen molar-refractivity contribution in [2.24, 2.45) is 0 Å². The number of para-hydroxylation sites is 2. The van der Waals surface area contributed by atoms with Gasteiger partial charge in [0, 0.05) is 6.07 Å². The first-order valence-electron chi connectivity index (χ1n) is 6.02. The van der Waals surface area contributed by atoms with Gasteiger partial charge in [0.05, 0.1) is 12.2 Å². The summed E-state index contributed by atoms with van der Waals surface area (Å²) >= 11 is 0. The van der Waals surface area contributed by atoms with Crippen LogP contribution in [0, 0.1) is 0 Å². The average molecular weight is 272 g/mol. The molecule has 7 nitrogen and oxygen atoms in total. The predicted octanol–water partition coefficient (Wildman–Crippen LogP) is 1.29. The van der Waals surface area contributed by atoms with Gasteiger partial charge in [-0.3, -0.25) is 0 Å². The number of carboxylic acids is 1. The van der Waals surface area contributed by atoms with E-state index in [4.69, 9.17) is 10.5 Å². The summed E-state index contributed by atoms with van der Waals surface area (Å²) in [6, 6.07) is 8.69. The molecule has 0 atom stereocenters. The lowest BCUT2D eigenvalue weighted by atomic mass is 10.2. The Morgan fingerprint density at radius 1 is 1.35 bits per heavy atom. The van der Waals surface area contributed by atoms with Gasteiger partial charge in [0.2, 0.25) is 0 Å². The number of aromatic nitrogens is 2. The SMILES string of the molecule is Nc1cc(C(=O)O)c(N2CCOc3ccccc32)nn1. The molecule has 1 aliphatic heterocycles. The Hall–Kier alpha value is -2.83. The number of nitrogen functional groups attached to an aromatic ring is 1. The minimum absolute atomic E-state index is 0.0224. The van der Waals surface area contributed by atoms with Gasteiger partial charge in [0.1, 0.15) is 23.7 Å². The zero-order valence-corrected chi connectivity index (χ0v) is 10.5. The predicted molar refractivity (Wildman–Crippen MR) is 72.3 cm³/mol. The average Bonchev–Trinajstić information content (AvgIpc) is 2.46. The lowest BCUT2D eigenvalue weighted by Crippen LogP contribution is -2.30. The highest BCUT2D eigenvalue weighted by Crippen LogP contribution is 2.36. The molecule has 3 rings (SSSR count). The summed E-state index contributed by atoms with van der Waals surface area (Å²) in [5.74, 6) is -0.0607. The van der Waals surface area contributed by atoms with E-state index in [2.05, 4.69) is 10.2 Å². The molecule has 102 valence electrons. The highest BCUT2D eigenvalue weighted by Gasteiger charge is 2.25. The van der Waals surface area contributed by atoms with Gasteiger partial charge in [0.25, 0.3) is 0 Å². The molecule has 2 aromatic rings. The third-order valence-corrected chi connectivity index (χ3v) is 3.01. The number of benzene rings is 1. The van der Waals surface area contributed by atoms with Crippen molar-refractivity contribution in [3.8, 4) is 5.75 Å². The zero-order chi connectivity index (χ0) is 14.1. The molecule has 0 amide bonds. The third-order valence-electron chi connectivity index (χ3n) is 3.01. The maximum atomic E-state index is 11.3. The number of nitrogens with two attached hydrogens (primary N) is 1. The van der Waals surface area contributed by atoms with Crippen LogP contribution in [-0.4, -0.2) is 34.4 Å². The lowest BCUT2D eigenvalue weighted by molar-refractivity contribution is 0.0697. The first kappa shape index (κ1) is 12.2. The first-order chi connectivity index (χ1) is 9.66. The molecule has 0 saturated heterocycles. The molecule has 0 fully saturated rings. The highest BCUT2D eigenvalue weighted by molar-refractivity contribution is 5.95. The number of rotatable bonds is 2. The fourth-order valence-electron chi connectivity index (χ4n) is 2.15. The van der Waals surface area contributed by atoms with E-state index >= 15 is 0 Å². The maximum Gasteiger partial charge on any atom is 0.339 e. The Kier molecular flexibility index (Phi) is 2.86. The largest absolute Gasteiger partial charge is 0.490 e. The summed E-state index contributed by atoms with van der Waals surface area (Å²) in [6.07, 6.45) is 0. The summed E-state index contributed by atoms with van der Waals surface area (Å²) in [4.78, 5) is 13.1. The van der Waals surface area contributed by atoms with Gasteiger partial charge < -0.3 is 20.5 Å². The van der Waals surface area contributed by atoms with Gasteiger partial charge in [-0.1, -0.05) is 12.1 Å². The van der Waals surface area contributed by atoms with E-state index in [0.717, 1.165) is 5.69 Å². The number of carbonyl (C=O) groups is 1. The van der Waals surface area contributed by atoms with Crippen LogP contribution in [0.25, 0.3) is 0 Å². The second kappa shape index (κ2) is 4.69. The van der Waals surface area contributed by atoms with Gasteiger partial charge in [-0.25, -0.2) is 4.79 Å². The van der Waals surface area contributed by atoms with Crippen molar-refractivity contribution in [2.75, 3.05) is 23.8 Å². The number of aromatic carboxylic acids is 1.